The number of fused-ring (bicyclic) bond motifs is 1. The third-order valence-corrected chi connectivity index (χ3v) is 4.50. The van der Waals surface area contributed by atoms with Gasteiger partial charge in [-0.15, -0.1) is 0 Å². The van der Waals surface area contributed by atoms with Gasteiger partial charge in [0.1, 0.15) is 0 Å². The largest absolute Gasteiger partial charge is 0.377 e. The summed E-state index contributed by atoms with van der Waals surface area (Å²) >= 11 is 0. The molecule has 0 saturated carbocycles. The number of benzene rings is 2. The van der Waals surface area contributed by atoms with E-state index in [2.05, 4.69) is 4.90 Å². The number of carbonyl (C=O) groups is 2. The molecule has 0 atom stereocenters. The number of carbonyl (C=O) groups excluding carboxylic acids is 2. The van der Waals surface area contributed by atoms with Crippen molar-refractivity contribution in [2.24, 2.45) is 0 Å². The van der Waals surface area contributed by atoms with Crippen molar-refractivity contribution in [1.82, 2.24) is 4.90 Å². The summed E-state index contributed by atoms with van der Waals surface area (Å²) in [6.07, 6.45) is 1.87. The molecular formula is C21H22N2O2. The van der Waals surface area contributed by atoms with Gasteiger partial charge in [0.15, 0.2) is 0 Å². The van der Waals surface area contributed by atoms with Crippen LogP contribution in [-0.2, 0) is 4.79 Å². The van der Waals surface area contributed by atoms with Gasteiger partial charge in [-0.2, -0.15) is 0 Å². The van der Waals surface area contributed by atoms with Gasteiger partial charge in [-0.25, -0.2) is 4.90 Å². The number of amides is 2. The molecule has 3 rings (SSSR count). The summed E-state index contributed by atoms with van der Waals surface area (Å²) in [4.78, 5) is 29.4. The van der Waals surface area contributed by atoms with Crippen molar-refractivity contribution < 1.29 is 9.59 Å². The minimum Gasteiger partial charge on any atom is -0.377 e. The molecule has 0 unspecified atom stereocenters. The average Bonchev–Trinajstić information content (AvgIpc) is 2.63. The third-order valence-electron chi connectivity index (χ3n) is 4.50. The number of aryl methyl sites for hydroxylation is 1. The highest BCUT2D eigenvalue weighted by atomic mass is 16.2. The first kappa shape index (κ1) is 17.0. The highest BCUT2D eigenvalue weighted by Gasteiger charge is 2.35. The Labute approximate surface area is 148 Å². The molecular weight excluding hydrogens is 312 g/mol. The lowest BCUT2D eigenvalue weighted by molar-refractivity contribution is -0.112. The van der Waals surface area contributed by atoms with Crippen molar-refractivity contribution in [3.8, 4) is 0 Å². The molecule has 0 bridgehead atoms. The Morgan fingerprint density at radius 2 is 1.48 bits per heavy atom. The molecule has 0 N–H and O–H groups in total. The van der Waals surface area contributed by atoms with Crippen molar-refractivity contribution in [3.05, 3.63) is 71.4 Å². The SMILES string of the molecule is CCN(/C=C1\C(=O)N(c2ccc(C)cc2)C(=O)c2ccccc21)CC. The first-order valence-corrected chi connectivity index (χ1v) is 8.57. The van der Waals surface area contributed by atoms with Gasteiger partial charge in [0.25, 0.3) is 11.8 Å². The Balaban J connectivity index is 2.16. The molecule has 4 heteroatoms. The zero-order chi connectivity index (χ0) is 18.0. The van der Waals surface area contributed by atoms with Crippen molar-refractivity contribution in [1.29, 1.82) is 0 Å². The second-order valence-corrected chi connectivity index (χ2v) is 6.09. The third kappa shape index (κ3) is 3.07. The molecule has 2 aromatic carbocycles. The number of hydrogen-bond acceptors (Lipinski definition) is 3. The van der Waals surface area contributed by atoms with Gasteiger partial charge in [-0.05, 0) is 39.0 Å². The summed E-state index contributed by atoms with van der Waals surface area (Å²) in [5.41, 5.74) is 3.49. The molecule has 2 aromatic rings. The van der Waals surface area contributed by atoms with Crippen LogP contribution in [0, 0.1) is 6.92 Å². The highest BCUT2D eigenvalue weighted by molar-refractivity contribution is 6.41. The summed E-state index contributed by atoms with van der Waals surface area (Å²) in [7, 11) is 0. The van der Waals surface area contributed by atoms with Crippen LogP contribution in [0.4, 0.5) is 5.69 Å². The smallest absolute Gasteiger partial charge is 0.267 e. The van der Waals surface area contributed by atoms with E-state index in [1.807, 2.05) is 69.4 Å². The van der Waals surface area contributed by atoms with Crippen LogP contribution in [0.3, 0.4) is 0 Å². The molecule has 0 aliphatic carbocycles. The molecule has 4 nitrogen and oxygen atoms in total. The molecule has 0 fully saturated rings. The number of rotatable bonds is 4. The van der Waals surface area contributed by atoms with E-state index in [4.69, 9.17) is 0 Å². The minimum absolute atomic E-state index is 0.277. The molecule has 1 aliphatic heterocycles. The molecule has 0 aromatic heterocycles. The van der Waals surface area contributed by atoms with Gasteiger partial charge < -0.3 is 4.90 Å². The van der Waals surface area contributed by atoms with Gasteiger partial charge in [-0.3, -0.25) is 9.59 Å². The summed E-state index contributed by atoms with van der Waals surface area (Å²) in [6.45, 7) is 7.66. The van der Waals surface area contributed by atoms with Crippen LogP contribution >= 0.6 is 0 Å². The van der Waals surface area contributed by atoms with Gasteiger partial charge in [0.05, 0.1) is 11.3 Å². The first-order chi connectivity index (χ1) is 12.1. The van der Waals surface area contributed by atoms with E-state index in [1.165, 1.54) is 4.90 Å². The molecule has 128 valence electrons. The Morgan fingerprint density at radius 1 is 0.880 bits per heavy atom. The average molecular weight is 334 g/mol. The van der Waals surface area contributed by atoms with E-state index >= 15 is 0 Å². The van der Waals surface area contributed by atoms with Crippen molar-refractivity contribution in [2.75, 3.05) is 18.0 Å². The van der Waals surface area contributed by atoms with E-state index in [-0.39, 0.29) is 11.8 Å². The van der Waals surface area contributed by atoms with Crippen LogP contribution in [0.1, 0.15) is 35.3 Å². The monoisotopic (exact) mass is 334 g/mol. The van der Waals surface area contributed by atoms with Crippen molar-refractivity contribution in [2.45, 2.75) is 20.8 Å². The Bertz CT molecular complexity index is 833. The maximum Gasteiger partial charge on any atom is 0.267 e. The molecule has 0 radical (unpaired) electrons. The van der Waals surface area contributed by atoms with Crippen LogP contribution in [0.15, 0.2) is 54.7 Å². The van der Waals surface area contributed by atoms with Crippen LogP contribution in [0.2, 0.25) is 0 Å². The number of nitrogens with zero attached hydrogens (tertiary/aromatic N) is 2. The second-order valence-electron chi connectivity index (χ2n) is 6.09. The lowest BCUT2D eigenvalue weighted by atomic mass is 9.93. The fourth-order valence-electron chi connectivity index (χ4n) is 2.99. The Morgan fingerprint density at radius 3 is 2.08 bits per heavy atom. The number of imide groups is 1. The second kappa shape index (κ2) is 6.93. The zero-order valence-electron chi connectivity index (χ0n) is 14.8. The fraction of sp³-hybridized carbons (Fsp3) is 0.238. The van der Waals surface area contributed by atoms with Crippen LogP contribution < -0.4 is 4.90 Å². The number of anilines is 1. The highest BCUT2D eigenvalue weighted by Crippen LogP contribution is 2.32. The summed E-state index contributed by atoms with van der Waals surface area (Å²) in [5.74, 6) is -0.555. The molecule has 1 aliphatic rings. The molecule has 1 heterocycles. The van der Waals surface area contributed by atoms with Crippen molar-refractivity contribution >= 4 is 23.1 Å². The van der Waals surface area contributed by atoms with Crippen LogP contribution in [0.25, 0.3) is 5.57 Å². The molecule has 0 spiro atoms. The predicted molar refractivity (Wildman–Crippen MR) is 100 cm³/mol. The lowest BCUT2D eigenvalue weighted by Gasteiger charge is -2.30. The molecule has 0 saturated heterocycles. The van der Waals surface area contributed by atoms with E-state index in [0.29, 0.717) is 22.4 Å². The molecule has 2 amide bonds. The predicted octanol–water partition coefficient (Wildman–Crippen LogP) is 3.86. The quantitative estimate of drug-likeness (QED) is 0.629. The maximum absolute atomic E-state index is 13.2. The van der Waals surface area contributed by atoms with Crippen LogP contribution in [0.5, 0.6) is 0 Å². The van der Waals surface area contributed by atoms with E-state index in [9.17, 15) is 9.59 Å². The summed E-state index contributed by atoms with van der Waals surface area (Å²) in [5, 5.41) is 0. The molecule has 25 heavy (non-hydrogen) atoms. The van der Waals surface area contributed by atoms with Gasteiger partial charge in [0, 0.05) is 30.4 Å². The van der Waals surface area contributed by atoms with Gasteiger partial charge in [0.2, 0.25) is 0 Å². The normalized spacial score (nSPS) is 15.5. The van der Waals surface area contributed by atoms with Crippen LogP contribution in [-0.4, -0.2) is 29.8 Å². The summed E-state index contributed by atoms with van der Waals surface area (Å²) < 4.78 is 0. The van der Waals surface area contributed by atoms with Gasteiger partial charge in [-0.1, -0.05) is 35.9 Å². The summed E-state index contributed by atoms with van der Waals surface area (Å²) in [6, 6.07) is 14.7. The van der Waals surface area contributed by atoms with Crippen molar-refractivity contribution in [3.63, 3.8) is 0 Å². The number of hydrogen-bond donors (Lipinski definition) is 0. The lowest BCUT2D eigenvalue weighted by Crippen LogP contribution is -2.42. The standard InChI is InChI=1S/C21H22N2O2/c1-4-22(5-2)14-19-17-8-6-7-9-18(17)20(24)23(21(19)25)16-12-10-15(3)11-13-16/h6-14H,4-5H2,1-3H3/b19-14-. The minimum atomic E-state index is -0.278. The Hall–Kier alpha value is -2.88. The van der Waals surface area contributed by atoms with E-state index < -0.39 is 0 Å². The fourth-order valence-corrected chi connectivity index (χ4v) is 2.99. The Kier molecular flexibility index (Phi) is 4.70. The van der Waals surface area contributed by atoms with E-state index in [0.717, 1.165) is 18.7 Å². The first-order valence-electron chi connectivity index (χ1n) is 8.57. The zero-order valence-corrected chi connectivity index (χ0v) is 14.8. The van der Waals surface area contributed by atoms with Gasteiger partial charge >= 0.3 is 0 Å². The topological polar surface area (TPSA) is 40.6 Å². The maximum atomic E-state index is 13.2. The van der Waals surface area contributed by atoms with E-state index in [1.54, 1.807) is 6.07 Å².